The van der Waals surface area contributed by atoms with Gasteiger partial charge in [0.25, 0.3) is 5.69 Å². The van der Waals surface area contributed by atoms with Crippen LogP contribution in [0.4, 0.5) is 5.69 Å². The average Bonchev–Trinajstić information content (AvgIpc) is 3.09. The SMILES string of the molecule is COc1ccc(CCn2c(C)cc(C(=O)COC(=O)c3cccc(C)c3[N+](=O)[O-])c2C)cc1. The lowest BCUT2D eigenvalue weighted by molar-refractivity contribution is -0.385. The minimum absolute atomic E-state index is 0.169. The summed E-state index contributed by atoms with van der Waals surface area (Å²) in [7, 11) is 1.62. The summed E-state index contributed by atoms with van der Waals surface area (Å²) in [5.74, 6) is -0.458. The van der Waals surface area contributed by atoms with E-state index in [0.29, 0.717) is 17.7 Å². The molecule has 0 saturated heterocycles. The van der Waals surface area contributed by atoms with Gasteiger partial charge in [0.05, 0.1) is 12.0 Å². The first-order valence-electron chi connectivity index (χ1n) is 10.5. The molecule has 2 aromatic carbocycles. The number of hydrogen-bond acceptors (Lipinski definition) is 6. The number of Topliss-reactive ketones (excluding diaryl/α,β-unsaturated/α-hetero) is 1. The van der Waals surface area contributed by atoms with Crippen LogP contribution in [0, 0.1) is 30.9 Å². The Hall–Kier alpha value is -3.94. The van der Waals surface area contributed by atoms with Gasteiger partial charge in [-0.25, -0.2) is 4.79 Å². The molecule has 3 aromatic rings. The third-order valence-corrected chi connectivity index (χ3v) is 5.63. The smallest absolute Gasteiger partial charge is 0.345 e. The third-order valence-electron chi connectivity index (χ3n) is 5.63. The summed E-state index contributed by atoms with van der Waals surface area (Å²) in [6, 6.07) is 14.0. The molecular weight excluding hydrogens is 424 g/mol. The largest absolute Gasteiger partial charge is 0.497 e. The lowest BCUT2D eigenvalue weighted by atomic mass is 10.1. The number of carbonyl (C=O) groups excluding carboxylic acids is 2. The highest BCUT2D eigenvalue weighted by molar-refractivity contribution is 6.01. The van der Waals surface area contributed by atoms with Gasteiger partial charge in [-0.15, -0.1) is 0 Å². The number of nitro groups is 1. The van der Waals surface area contributed by atoms with Gasteiger partial charge in [0.15, 0.2) is 6.61 Å². The number of rotatable bonds is 9. The zero-order valence-corrected chi connectivity index (χ0v) is 19.1. The van der Waals surface area contributed by atoms with E-state index in [1.807, 2.05) is 42.7 Å². The lowest BCUT2D eigenvalue weighted by Crippen LogP contribution is -2.16. The van der Waals surface area contributed by atoms with Crippen LogP contribution in [0.5, 0.6) is 5.75 Å². The Morgan fingerprint density at radius 1 is 1.03 bits per heavy atom. The average molecular weight is 450 g/mol. The summed E-state index contributed by atoms with van der Waals surface area (Å²) in [5, 5.41) is 11.3. The van der Waals surface area contributed by atoms with E-state index >= 15 is 0 Å². The molecule has 3 rings (SSSR count). The van der Waals surface area contributed by atoms with Crippen LogP contribution in [0.1, 0.15) is 43.2 Å². The van der Waals surface area contributed by atoms with Gasteiger partial charge in [-0.05, 0) is 57.0 Å². The molecule has 0 aliphatic heterocycles. The van der Waals surface area contributed by atoms with Gasteiger partial charge in [-0.1, -0.05) is 24.3 Å². The van der Waals surface area contributed by atoms with E-state index in [4.69, 9.17) is 9.47 Å². The first-order valence-corrected chi connectivity index (χ1v) is 10.5. The third kappa shape index (κ3) is 5.28. The van der Waals surface area contributed by atoms with Gasteiger partial charge in [-0.3, -0.25) is 14.9 Å². The Kier molecular flexibility index (Phi) is 7.27. The summed E-state index contributed by atoms with van der Waals surface area (Å²) in [6.45, 7) is 5.50. The summed E-state index contributed by atoms with van der Waals surface area (Å²) in [4.78, 5) is 35.9. The van der Waals surface area contributed by atoms with Gasteiger partial charge < -0.3 is 14.0 Å². The van der Waals surface area contributed by atoms with Gasteiger partial charge in [0, 0.05) is 29.1 Å². The highest BCUT2D eigenvalue weighted by atomic mass is 16.6. The number of nitro benzene ring substituents is 1. The van der Waals surface area contributed by atoms with Crippen molar-refractivity contribution in [1.82, 2.24) is 4.57 Å². The number of para-hydroxylation sites is 1. The Morgan fingerprint density at radius 2 is 1.73 bits per heavy atom. The zero-order chi connectivity index (χ0) is 24.1. The number of ketones is 1. The summed E-state index contributed by atoms with van der Waals surface area (Å²) in [5.41, 5.74) is 3.18. The van der Waals surface area contributed by atoms with Crippen molar-refractivity contribution in [2.45, 2.75) is 33.7 Å². The van der Waals surface area contributed by atoms with Gasteiger partial charge in [0.2, 0.25) is 5.78 Å². The number of aromatic nitrogens is 1. The Labute approximate surface area is 191 Å². The summed E-state index contributed by atoms with van der Waals surface area (Å²) < 4.78 is 12.4. The van der Waals surface area contributed by atoms with Crippen LogP contribution in [-0.2, 0) is 17.7 Å². The quantitative estimate of drug-likeness (QED) is 0.204. The molecule has 8 nitrogen and oxygen atoms in total. The molecule has 0 fully saturated rings. The molecule has 172 valence electrons. The number of nitrogens with zero attached hydrogens (tertiary/aromatic N) is 2. The molecule has 0 unspecified atom stereocenters. The maximum atomic E-state index is 12.8. The fraction of sp³-hybridized carbons (Fsp3) is 0.280. The van der Waals surface area contributed by atoms with Crippen molar-refractivity contribution in [2.24, 2.45) is 0 Å². The molecule has 33 heavy (non-hydrogen) atoms. The first-order chi connectivity index (χ1) is 15.7. The Morgan fingerprint density at radius 3 is 2.36 bits per heavy atom. The van der Waals surface area contributed by atoms with Crippen molar-refractivity contribution in [3.05, 3.63) is 92.3 Å². The number of hydrogen-bond donors (Lipinski definition) is 0. The van der Waals surface area contributed by atoms with Crippen LogP contribution in [0.25, 0.3) is 0 Å². The number of ether oxygens (including phenoxy) is 2. The normalized spacial score (nSPS) is 10.7. The molecule has 0 N–H and O–H groups in total. The van der Waals surface area contributed by atoms with Gasteiger partial charge in [-0.2, -0.15) is 0 Å². The van der Waals surface area contributed by atoms with E-state index in [1.54, 1.807) is 26.2 Å². The van der Waals surface area contributed by atoms with Crippen LogP contribution >= 0.6 is 0 Å². The minimum atomic E-state index is -0.896. The number of aryl methyl sites for hydroxylation is 3. The second-order valence-electron chi connectivity index (χ2n) is 7.76. The maximum Gasteiger partial charge on any atom is 0.345 e. The molecule has 0 aliphatic rings. The number of esters is 1. The molecule has 0 atom stereocenters. The van der Waals surface area contributed by atoms with E-state index in [9.17, 15) is 19.7 Å². The van der Waals surface area contributed by atoms with Crippen molar-refractivity contribution < 1.29 is 24.0 Å². The number of carbonyl (C=O) groups is 2. The van der Waals surface area contributed by atoms with Crippen LogP contribution in [0.3, 0.4) is 0 Å². The Bertz CT molecular complexity index is 1190. The fourth-order valence-electron chi connectivity index (χ4n) is 3.81. The van der Waals surface area contributed by atoms with E-state index in [0.717, 1.165) is 29.1 Å². The molecule has 8 heteroatoms. The Balaban J connectivity index is 1.68. The number of benzene rings is 2. The minimum Gasteiger partial charge on any atom is -0.497 e. The standard InChI is InChI=1S/C25H26N2O6/c1-16-6-5-7-21(24(16)27(30)31)25(29)33-15-23(28)22-14-17(2)26(18(22)3)13-12-19-8-10-20(32-4)11-9-19/h5-11,14H,12-13,15H2,1-4H3. The van der Waals surface area contributed by atoms with Gasteiger partial charge in [0.1, 0.15) is 11.3 Å². The second kappa shape index (κ2) is 10.1. The molecule has 0 bridgehead atoms. The molecule has 0 amide bonds. The van der Waals surface area contributed by atoms with E-state index in [2.05, 4.69) is 0 Å². The molecule has 0 spiro atoms. The zero-order valence-electron chi connectivity index (χ0n) is 19.1. The van der Waals surface area contributed by atoms with Crippen LogP contribution in [-0.4, -0.2) is 35.0 Å². The fourth-order valence-corrected chi connectivity index (χ4v) is 3.81. The topological polar surface area (TPSA) is 101 Å². The molecule has 0 saturated carbocycles. The van der Waals surface area contributed by atoms with Crippen LogP contribution < -0.4 is 4.74 Å². The van der Waals surface area contributed by atoms with Crippen molar-refractivity contribution in [1.29, 1.82) is 0 Å². The highest BCUT2D eigenvalue weighted by Crippen LogP contribution is 2.24. The number of methoxy groups -OCH3 is 1. The van der Waals surface area contributed by atoms with Crippen molar-refractivity contribution in [2.75, 3.05) is 13.7 Å². The molecular formula is C25H26N2O6. The highest BCUT2D eigenvalue weighted by Gasteiger charge is 2.25. The summed E-state index contributed by atoms with van der Waals surface area (Å²) >= 11 is 0. The molecule has 0 radical (unpaired) electrons. The predicted molar refractivity (Wildman–Crippen MR) is 123 cm³/mol. The van der Waals surface area contributed by atoms with Crippen molar-refractivity contribution in [3.63, 3.8) is 0 Å². The molecule has 1 heterocycles. The maximum absolute atomic E-state index is 12.8. The monoisotopic (exact) mass is 450 g/mol. The molecule has 1 aromatic heterocycles. The predicted octanol–water partition coefficient (Wildman–Crippen LogP) is 4.61. The van der Waals surface area contributed by atoms with Crippen LogP contribution in [0.2, 0.25) is 0 Å². The van der Waals surface area contributed by atoms with Crippen molar-refractivity contribution >= 4 is 17.4 Å². The van der Waals surface area contributed by atoms with E-state index < -0.39 is 17.5 Å². The van der Waals surface area contributed by atoms with Gasteiger partial charge >= 0.3 is 5.97 Å². The van der Waals surface area contributed by atoms with E-state index in [-0.39, 0.29) is 17.0 Å². The lowest BCUT2D eigenvalue weighted by Gasteiger charge is -2.10. The van der Waals surface area contributed by atoms with E-state index in [1.165, 1.54) is 12.1 Å². The second-order valence-corrected chi connectivity index (χ2v) is 7.76. The summed E-state index contributed by atoms with van der Waals surface area (Å²) in [6.07, 6.45) is 0.778. The van der Waals surface area contributed by atoms with Crippen LogP contribution in [0.15, 0.2) is 48.5 Å². The first kappa shape index (κ1) is 23.7. The molecule has 0 aliphatic carbocycles. The van der Waals surface area contributed by atoms with Crippen molar-refractivity contribution in [3.8, 4) is 5.75 Å².